The molecule has 2 nitrogen and oxygen atoms in total. The minimum atomic E-state index is -0.560. The molecule has 0 N–H and O–H groups in total. The van der Waals surface area contributed by atoms with Gasteiger partial charge in [-0.05, 0) is 86.3 Å². The number of hydrogen-bond acceptors (Lipinski definition) is 1. The van der Waals surface area contributed by atoms with E-state index in [2.05, 4.69) is 205 Å². The third-order valence-corrected chi connectivity index (χ3v) is 12.0. The minimum Gasteiger partial charge on any atom is -0.457 e. The zero-order valence-electron chi connectivity index (χ0n) is 29.9. The van der Waals surface area contributed by atoms with E-state index in [1.165, 1.54) is 77.1 Å². The first-order valence-electron chi connectivity index (χ1n) is 19.0. The number of hydrogen-bond donors (Lipinski definition) is 0. The van der Waals surface area contributed by atoms with Gasteiger partial charge in [-0.15, -0.1) is 0 Å². The summed E-state index contributed by atoms with van der Waals surface area (Å²) in [4.78, 5) is 0. The predicted molar refractivity (Wildman–Crippen MR) is 227 cm³/mol. The smallest absolute Gasteiger partial charge is 0.133 e. The van der Waals surface area contributed by atoms with Gasteiger partial charge in [0, 0.05) is 33.0 Å². The highest BCUT2D eigenvalue weighted by Crippen LogP contribution is 2.62. The normalized spacial score (nSPS) is 13.4. The number of aromatic nitrogens is 1. The molecule has 55 heavy (non-hydrogen) atoms. The fourth-order valence-corrected chi connectivity index (χ4v) is 9.73. The third kappa shape index (κ3) is 4.19. The average Bonchev–Trinajstić information content (AvgIpc) is 3.74. The number of benzene rings is 9. The van der Waals surface area contributed by atoms with E-state index in [-0.39, 0.29) is 0 Å². The van der Waals surface area contributed by atoms with E-state index < -0.39 is 5.41 Å². The number of rotatable bonds is 3. The summed E-state index contributed by atoms with van der Waals surface area (Å²) in [6, 6.07) is 73.2. The standard InChI is InChI=1S/C53H33NO/c1-3-15-34(16-4-1)37-29-38(35-17-5-2-6-18-35)31-39(30-37)54-49-33-48-51(32-44(49)43-28-27-36-19-7-8-20-40(36)52(43)54)55-50-26-14-13-25-47(50)53(48)45-23-11-9-21-41(45)42-22-10-12-24-46(42)53/h1-33H. The van der Waals surface area contributed by atoms with Crippen LogP contribution in [0.3, 0.4) is 0 Å². The first-order chi connectivity index (χ1) is 27.3. The van der Waals surface area contributed by atoms with Crippen LogP contribution >= 0.6 is 0 Å². The Morgan fingerprint density at radius 2 is 0.945 bits per heavy atom. The van der Waals surface area contributed by atoms with Crippen LogP contribution in [-0.4, -0.2) is 4.57 Å². The molecule has 1 aliphatic heterocycles. The van der Waals surface area contributed by atoms with Crippen molar-refractivity contribution in [3.63, 3.8) is 0 Å². The lowest BCUT2D eigenvalue weighted by molar-refractivity contribution is 0.437. The molecule has 9 aromatic carbocycles. The van der Waals surface area contributed by atoms with Crippen LogP contribution in [0.4, 0.5) is 0 Å². The maximum atomic E-state index is 7.00. The van der Waals surface area contributed by atoms with Gasteiger partial charge in [0.1, 0.15) is 11.5 Å². The highest BCUT2D eigenvalue weighted by molar-refractivity contribution is 6.19. The summed E-state index contributed by atoms with van der Waals surface area (Å²) in [6.45, 7) is 0. The van der Waals surface area contributed by atoms with Crippen molar-refractivity contribution in [2.45, 2.75) is 5.41 Å². The fourth-order valence-electron chi connectivity index (χ4n) is 9.73. The molecule has 1 aromatic heterocycles. The monoisotopic (exact) mass is 699 g/mol. The lowest BCUT2D eigenvalue weighted by Gasteiger charge is -2.39. The Morgan fingerprint density at radius 1 is 0.364 bits per heavy atom. The molecule has 2 heteroatoms. The molecule has 0 saturated heterocycles. The Bertz CT molecular complexity index is 3070. The number of fused-ring (bicyclic) bond motifs is 14. The summed E-state index contributed by atoms with van der Waals surface area (Å²) in [7, 11) is 0. The zero-order valence-corrected chi connectivity index (χ0v) is 29.9. The highest BCUT2D eigenvalue weighted by atomic mass is 16.5. The van der Waals surface area contributed by atoms with Crippen molar-refractivity contribution >= 4 is 32.6 Å². The summed E-state index contributed by atoms with van der Waals surface area (Å²) >= 11 is 0. The molecule has 0 bridgehead atoms. The summed E-state index contributed by atoms with van der Waals surface area (Å²) in [5.74, 6) is 1.80. The van der Waals surface area contributed by atoms with E-state index >= 15 is 0 Å². The van der Waals surface area contributed by atoms with Gasteiger partial charge in [0.15, 0.2) is 0 Å². The van der Waals surface area contributed by atoms with Gasteiger partial charge in [-0.25, -0.2) is 0 Å². The number of nitrogens with zero attached hydrogens (tertiary/aromatic N) is 1. The van der Waals surface area contributed by atoms with E-state index in [9.17, 15) is 0 Å². The van der Waals surface area contributed by atoms with Crippen LogP contribution in [0.5, 0.6) is 11.5 Å². The van der Waals surface area contributed by atoms with Crippen molar-refractivity contribution in [2.75, 3.05) is 0 Å². The van der Waals surface area contributed by atoms with Gasteiger partial charge in [0.05, 0.1) is 16.4 Å². The van der Waals surface area contributed by atoms with Crippen molar-refractivity contribution in [1.29, 1.82) is 0 Å². The summed E-state index contributed by atoms with van der Waals surface area (Å²) in [5, 5.41) is 4.80. The molecule has 0 amide bonds. The largest absolute Gasteiger partial charge is 0.457 e. The summed E-state index contributed by atoms with van der Waals surface area (Å²) in [5.41, 5.74) is 15.1. The van der Waals surface area contributed by atoms with E-state index in [0.29, 0.717) is 0 Å². The molecule has 2 heterocycles. The molecule has 1 spiro atoms. The maximum Gasteiger partial charge on any atom is 0.133 e. The molecular formula is C53H33NO. The molecule has 0 radical (unpaired) electrons. The van der Waals surface area contributed by atoms with Crippen LogP contribution in [0.2, 0.25) is 0 Å². The van der Waals surface area contributed by atoms with Gasteiger partial charge in [-0.3, -0.25) is 0 Å². The van der Waals surface area contributed by atoms with Crippen molar-refractivity contribution < 1.29 is 4.74 Å². The van der Waals surface area contributed by atoms with Crippen LogP contribution in [0, 0.1) is 0 Å². The quantitative estimate of drug-likeness (QED) is 0.179. The molecule has 10 aromatic rings. The van der Waals surface area contributed by atoms with Crippen LogP contribution in [0.15, 0.2) is 200 Å². The Hall–Kier alpha value is -7.16. The lowest BCUT2D eigenvalue weighted by atomic mass is 9.66. The van der Waals surface area contributed by atoms with Crippen molar-refractivity contribution in [2.24, 2.45) is 0 Å². The molecule has 2 aliphatic rings. The number of ether oxygens (including phenoxy) is 1. The molecule has 0 fully saturated rings. The van der Waals surface area contributed by atoms with Crippen molar-refractivity contribution in [1.82, 2.24) is 4.57 Å². The van der Waals surface area contributed by atoms with Gasteiger partial charge >= 0.3 is 0 Å². The Labute approximate surface area is 319 Å². The topological polar surface area (TPSA) is 14.2 Å². The summed E-state index contributed by atoms with van der Waals surface area (Å²) < 4.78 is 9.52. The molecule has 0 saturated carbocycles. The molecule has 0 unspecified atom stereocenters. The molecule has 0 atom stereocenters. The molecule has 12 rings (SSSR count). The van der Waals surface area contributed by atoms with Crippen molar-refractivity contribution in [3.8, 4) is 50.6 Å². The minimum absolute atomic E-state index is 0.560. The second kappa shape index (κ2) is 11.4. The zero-order chi connectivity index (χ0) is 36.1. The van der Waals surface area contributed by atoms with Gasteiger partial charge in [-0.1, -0.05) is 164 Å². The lowest BCUT2D eigenvalue weighted by Crippen LogP contribution is -2.32. The Morgan fingerprint density at radius 3 is 1.64 bits per heavy atom. The van der Waals surface area contributed by atoms with Gasteiger partial charge < -0.3 is 9.30 Å². The fraction of sp³-hybridized carbons (Fsp3) is 0.0189. The number of para-hydroxylation sites is 1. The molecule has 256 valence electrons. The second-order valence-electron chi connectivity index (χ2n) is 14.8. The van der Waals surface area contributed by atoms with Crippen LogP contribution < -0.4 is 4.74 Å². The van der Waals surface area contributed by atoms with E-state index in [1.54, 1.807) is 0 Å². The Kier molecular flexibility index (Phi) is 6.29. The van der Waals surface area contributed by atoms with Crippen LogP contribution in [-0.2, 0) is 5.41 Å². The Balaban J connectivity index is 1.25. The summed E-state index contributed by atoms with van der Waals surface area (Å²) in [6.07, 6.45) is 0. The van der Waals surface area contributed by atoms with Gasteiger partial charge in [0.2, 0.25) is 0 Å². The first-order valence-corrected chi connectivity index (χ1v) is 19.0. The third-order valence-electron chi connectivity index (χ3n) is 12.0. The van der Waals surface area contributed by atoms with Crippen LogP contribution in [0.25, 0.3) is 71.6 Å². The molecular weight excluding hydrogens is 667 g/mol. The highest BCUT2D eigenvalue weighted by Gasteiger charge is 2.51. The average molecular weight is 700 g/mol. The van der Waals surface area contributed by atoms with Gasteiger partial charge in [0.25, 0.3) is 0 Å². The maximum absolute atomic E-state index is 7.00. The van der Waals surface area contributed by atoms with Crippen LogP contribution in [0.1, 0.15) is 22.3 Å². The molecule has 1 aliphatic carbocycles. The second-order valence-corrected chi connectivity index (χ2v) is 14.8. The first kappa shape index (κ1) is 30.3. The van der Waals surface area contributed by atoms with E-state index in [4.69, 9.17) is 4.74 Å². The SMILES string of the molecule is c1ccc(-c2cc(-c3ccccc3)cc(-n3c4cc5c(cc4c4ccc6ccccc6c43)Oc3ccccc3C53c4ccccc4-c4ccccc43)c2)cc1. The van der Waals surface area contributed by atoms with Crippen molar-refractivity contribution in [3.05, 3.63) is 222 Å². The predicted octanol–water partition coefficient (Wildman–Crippen LogP) is 13.7. The van der Waals surface area contributed by atoms with E-state index in [1.807, 2.05) is 0 Å². The van der Waals surface area contributed by atoms with E-state index in [0.717, 1.165) is 28.3 Å². The van der Waals surface area contributed by atoms with Gasteiger partial charge in [-0.2, -0.15) is 0 Å².